The quantitative estimate of drug-likeness (QED) is 0.821. The van der Waals surface area contributed by atoms with Crippen molar-refractivity contribution in [2.75, 3.05) is 13.6 Å². The van der Waals surface area contributed by atoms with Gasteiger partial charge in [-0.1, -0.05) is 12.1 Å². The van der Waals surface area contributed by atoms with Gasteiger partial charge >= 0.3 is 6.03 Å². The molecule has 0 unspecified atom stereocenters. The lowest BCUT2D eigenvalue weighted by atomic mass is 10.1. The maximum Gasteiger partial charge on any atom is 0.318 e. The van der Waals surface area contributed by atoms with Crippen LogP contribution in [0.3, 0.4) is 0 Å². The van der Waals surface area contributed by atoms with Gasteiger partial charge in [-0.05, 0) is 31.7 Å². The molecule has 23 heavy (non-hydrogen) atoms. The largest absolute Gasteiger partial charge is 0.351 e. The molecule has 0 fully saturated rings. The van der Waals surface area contributed by atoms with E-state index in [1.165, 1.54) is 6.33 Å². The molecule has 8 heteroatoms. The maximum atomic E-state index is 11.4. The zero-order valence-corrected chi connectivity index (χ0v) is 13.1. The Balaban J connectivity index is 1.92. The zero-order chi connectivity index (χ0) is 16.8. The standard InChI is InChI=1S/C15H20N6O2/c1-11(20(2)8-7-14(22)19-15(16)23)12-3-5-13(6-4-12)21-10-17-9-18-21/h3-6,9-11H,7-8H2,1-2H3,(H3,16,19,22,23)/t11-/m0/s1. The summed E-state index contributed by atoms with van der Waals surface area (Å²) in [7, 11) is 1.92. The topological polar surface area (TPSA) is 106 Å². The molecule has 0 saturated heterocycles. The highest BCUT2D eigenvalue weighted by Crippen LogP contribution is 2.20. The minimum atomic E-state index is -0.825. The molecule has 0 aliphatic heterocycles. The molecule has 2 rings (SSSR count). The predicted molar refractivity (Wildman–Crippen MR) is 84.7 cm³/mol. The number of nitrogens with two attached hydrogens (primary N) is 1. The third kappa shape index (κ3) is 4.62. The van der Waals surface area contributed by atoms with Crippen molar-refractivity contribution < 1.29 is 9.59 Å². The van der Waals surface area contributed by atoms with Crippen LogP contribution in [0.15, 0.2) is 36.9 Å². The third-order valence-electron chi connectivity index (χ3n) is 3.67. The van der Waals surface area contributed by atoms with E-state index in [4.69, 9.17) is 5.73 Å². The Labute approximate surface area is 134 Å². The van der Waals surface area contributed by atoms with Gasteiger partial charge < -0.3 is 5.73 Å². The summed E-state index contributed by atoms with van der Waals surface area (Å²) in [6.07, 6.45) is 3.34. The van der Waals surface area contributed by atoms with Crippen LogP contribution in [0.2, 0.25) is 0 Å². The highest BCUT2D eigenvalue weighted by atomic mass is 16.2. The molecule has 0 radical (unpaired) electrons. The number of primary amides is 1. The second kappa shape index (κ2) is 7.50. The van der Waals surface area contributed by atoms with E-state index in [2.05, 4.69) is 22.3 Å². The molecular formula is C15H20N6O2. The van der Waals surface area contributed by atoms with E-state index in [9.17, 15) is 9.59 Å². The summed E-state index contributed by atoms with van der Waals surface area (Å²) in [5, 5.41) is 6.14. The first kappa shape index (κ1) is 16.6. The van der Waals surface area contributed by atoms with Crippen LogP contribution in [0.4, 0.5) is 4.79 Å². The summed E-state index contributed by atoms with van der Waals surface area (Å²) in [5.41, 5.74) is 6.96. The van der Waals surface area contributed by atoms with E-state index in [0.29, 0.717) is 6.54 Å². The number of benzene rings is 1. The lowest BCUT2D eigenvalue weighted by Crippen LogP contribution is -2.37. The molecule has 0 saturated carbocycles. The minimum absolute atomic E-state index is 0.126. The van der Waals surface area contributed by atoms with Gasteiger partial charge in [0.15, 0.2) is 0 Å². The van der Waals surface area contributed by atoms with E-state index < -0.39 is 6.03 Å². The van der Waals surface area contributed by atoms with Crippen LogP contribution in [0.1, 0.15) is 24.9 Å². The van der Waals surface area contributed by atoms with Gasteiger partial charge in [0.2, 0.25) is 5.91 Å². The number of nitrogens with zero attached hydrogens (tertiary/aromatic N) is 4. The molecule has 122 valence electrons. The van der Waals surface area contributed by atoms with Crippen molar-refractivity contribution in [1.29, 1.82) is 0 Å². The summed E-state index contributed by atoms with van der Waals surface area (Å²) in [6.45, 7) is 2.57. The lowest BCUT2D eigenvalue weighted by molar-refractivity contribution is -0.120. The fourth-order valence-corrected chi connectivity index (χ4v) is 2.17. The average Bonchev–Trinajstić information content (AvgIpc) is 3.06. The number of amides is 3. The number of carbonyl (C=O) groups is 2. The molecular weight excluding hydrogens is 296 g/mol. The second-order valence-electron chi connectivity index (χ2n) is 5.25. The molecule has 0 aliphatic rings. The van der Waals surface area contributed by atoms with Gasteiger partial charge in [0.05, 0.1) is 5.69 Å². The van der Waals surface area contributed by atoms with Crippen molar-refractivity contribution in [2.24, 2.45) is 5.73 Å². The molecule has 2 aromatic rings. The summed E-state index contributed by atoms with van der Waals surface area (Å²) < 4.78 is 1.69. The van der Waals surface area contributed by atoms with Gasteiger partial charge in [0.1, 0.15) is 12.7 Å². The van der Waals surface area contributed by atoms with Gasteiger partial charge in [-0.15, -0.1) is 0 Å². The molecule has 0 aliphatic carbocycles. The highest BCUT2D eigenvalue weighted by Gasteiger charge is 2.13. The summed E-state index contributed by atoms with van der Waals surface area (Å²) >= 11 is 0. The van der Waals surface area contributed by atoms with Crippen LogP contribution < -0.4 is 11.1 Å². The number of carbonyl (C=O) groups excluding carboxylic acids is 2. The van der Waals surface area contributed by atoms with E-state index in [1.807, 2.05) is 36.2 Å². The van der Waals surface area contributed by atoms with E-state index in [1.54, 1.807) is 11.0 Å². The Morgan fingerprint density at radius 3 is 2.61 bits per heavy atom. The molecule has 0 bridgehead atoms. The second-order valence-corrected chi connectivity index (χ2v) is 5.25. The summed E-state index contributed by atoms with van der Waals surface area (Å²) in [5.74, 6) is -0.377. The normalized spacial score (nSPS) is 12.1. The third-order valence-corrected chi connectivity index (χ3v) is 3.67. The van der Waals surface area contributed by atoms with Gasteiger partial charge in [0, 0.05) is 19.0 Å². The van der Waals surface area contributed by atoms with E-state index in [-0.39, 0.29) is 18.4 Å². The number of rotatable bonds is 6. The zero-order valence-electron chi connectivity index (χ0n) is 13.1. The van der Waals surface area contributed by atoms with Gasteiger partial charge in [-0.25, -0.2) is 14.5 Å². The van der Waals surface area contributed by atoms with Crippen LogP contribution in [0.25, 0.3) is 5.69 Å². The maximum absolute atomic E-state index is 11.4. The fraction of sp³-hybridized carbons (Fsp3) is 0.333. The monoisotopic (exact) mass is 316 g/mol. The van der Waals surface area contributed by atoms with Crippen LogP contribution >= 0.6 is 0 Å². The fourth-order valence-electron chi connectivity index (χ4n) is 2.17. The Morgan fingerprint density at radius 2 is 2.04 bits per heavy atom. The van der Waals surface area contributed by atoms with Gasteiger partial charge in [0.25, 0.3) is 0 Å². The van der Waals surface area contributed by atoms with Crippen LogP contribution in [0.5, 0.6) is 0 Å². The minimum Gasteiger partial charge on any atom is -0.351 e. The first-order valence-electron chi connectivity index (χ1n) is 7.22. The Bertz CT molecular complexity index is 653. The van der Waals surface area contributed by atoms with Crippen molar-refractivity contribution in [2.45, 2.75) is 19.4 Å². The Morgan fingerprint density at radius 1 is 1.35 bits per heavy atom. The van der Waals surface area contributed by atoms with Crippen molar-refractivity contribution in [3.05, 3.63) is 42.5 Å². The van der Waals surface area contributed by atoms with E-state index >= 15 is 0 Å². The molecule has 1 heterocycles. The smallest absolute Gasteiger partial charge is 0.318 e. The number of nitrogens with one attached hydrogen (secondary N) is 1. The molecule has 1 aromatic carbocycles. The van der Waals surface area contributed by atoms with Crippen molar-refractivity contribution in [1.82, 2.24) is 25.0 Å². The SMILES string of the molecule is C[C@@H](c1ccc(-n2cncn2)cc1)N(C)CCC(=O)NC(N)=O. The number of imide groups is 1. The van der Waals surface area contributed by atoms with Gasteiger partial charge in [-0.3, -0.25) is 15.0 Å². The molecule has 1 aromatic heterocycles. The Hall–Kier alpha value is -2.74. The number of urea groups is 1. The van der Waals surface area contributed by atoms with Crippen LogP contribution in [0, 0.1) is 0 Å². The number of hydrogen-bond donors (Lipinski definition) is 2. The predicted octanol–water partition coefficient (Wildman–Crippen LogP) is 0.845. The number of aromatic nitrogens is 3. The number of hydrogen-bond acceptors (Lipinski definition) is 5. The summed E-state index contributed by atoms with van der Waals surface area (Å²) in [4.78, 5) is 28.0. The molecule has 3 amide bonds. The first-order chi connectivity index (χ1) is 11.0. The van der Waals surface area contributed by atoms with Crippen molar-refractivity contribution >= 4 is 11.9 Å². The molecule has 3 N–H and O–H groups in total. The lowest BCUT2D eigenvalue weighted by Gasteiger charge is -2.24. The molecule has 8 nitrogen and oxygen atoms in total. The van der Waals surface area contributed by atoms with Gasteiger partial charge in [-0.2, -0.15) is 5.10 Å². The Kier molecular flexibility index (Phi) is 5.42. The van der Waals surface area contributed by atoms with Crippen LogP contribution in [-0.4, -0.2) is 45.2 Å². The van der Waals surface area contributed by atoms with Crippen LogP contribution in [-0.2, 0) is 4.79 Å². The average molecular weight is 316 g/mol. The highest BCUT2D eigenvalue weighted by molar-refractivity contribution is 5.93. The van der Waals surface area contributed by atoms with Crippen molar-refractivity contribution in [3.8, 4) is 5.69 Å². The molecule has 0 spiro atoms. The first-order valence-corrected chi connectivity index (χ1v) is 7.22. The van der Waals surface area contributed by atoms with Crippen molar-refractivity contribution in [3.63, 3.8) is 0 Å². The van der Waals surface area contributed by atoms with E-state index in [0.717, 1.165) is 11.3 Å². The molecule has 1 atom stereocenters. The summed E-state index contributed by atoms with van der Waals surface area (Å²) in [6, 6.07) is 7.27.